The van der Waals surface area contributed by atoms with Gasteiger partial charge in [-0.15, -0.1) is 0 Å². The number of aromatic nitrogens is 1. The molecule has 0 saturated heterocycles. The molecule has 14 heavy (non-hydrogen) atoms. The van der Waals surface area contributed by atoms with Gasteiger partial charge in [-0.1, -0.05) is 0 Å². The lowest BCUT2D eigenvalue weighted by Crippen LogP contribution is -2.10. The van der Waals surface area contributed by atoms with Crippen LogP contribution in [0.2, 0.25) is 0 Å². The maximum atomic E-state index is 8.68. The summed E-state index contributed by atoms with van der Waals surface area (Å²) in [5.74, 6) is 0.718. The van der Waals surface area contributed by atoms with Crippen LogP contribution in [0.5, 0.6) is 5.75 Å². The molecule has 72 valence electrons. The lowest BCUT2D eigenvalue weighted by molar-refractivity contribution is 0.209. The molecule has 0 N–H and O–H groups in total. The fourth-order valence-electron chi connectivity index (χ4n) is 1.74. The number of hydrogen-bond donors (Lipinski definition) is 0. The molecule has 0 unspecified atom stereocenters. The summed E-state index contributed by atoms with van der Waals surface area (Å²) >= 11 is 0. The highest BCUT2D eigenvalue weighted by atomic mass is 16.5. The van der Waals surface area contributed by atoms with Crippen molar-refractivity contribution in [3.63, 3.8) is 0 Å². The second-order valence-electron chi connectivity index (χ2n) is 3.55. The van der Waals surface area contributed by atoms with E-state index < -0.39 is 0 Å². The van der Waals surface area contributed by atoms with Crippen LogP contribution >= 0.6 is 0 Å². The highest BCUT2D eigenvalue weighted by molar-refractivity contribution is 5.32. The molecule has 1 heterocycles. The second kappa shape index (κ2) is 4.10. The Hall–Kier alpha value is -1.56. The van der Waals surface area contributed by atoms with Crippen LogP contribution in [-0.2, 0) is 0 Å². The smallest absolute Gasteiger partial charge is 0.139 e. The van der Waals surface area contributed by atoms with Gasteiger partial charge >= 0.3 is 0 Å². The van der Waals surface area contributed by atoms with Gasteiger partial charge in [0.25, 0.3) is 0 Å². The molecule has 1 fully saturated rings. The minimum atomic E-state index is 0.325. The first-order chi connectivity index (χ1) is 6.88. The van der Waals surface area contributed by atoms with Crippen LogP contribution in [0, 0.1) is 11.3 Å². The lowest BCUT2D eigenvalue weighted by Gasteiger charge is -2.12. The third-order valence-corrected chi connectivity index (χ3v) is 2.45. The maximum absolute atomic E-state index is 8.68. The van der Waals surface area contributed by atoms with Crippen molar-refractivity contribution >= 4 is 0 Å². The van der Waals surface area contributed by atoms with Crippen LogP contribution in [0.25, 0.3) is 0 Å². The van der Waals surface area contributed by atoms with E-state index in [1.807, 2.05) is 6.07 Å². The molecular weight excluding hydrogens is 176 g/mol. The monoisotopic (exact) mass is 188 g/mol. The first kappa shape index (κ1) is 9.01. The molecule has 3 heteroatoms. The van der Waals surface area contributed by atoms with Crippen LogP contribution in [0.15, 0.2) is 18.5 Å². The van der Waals surface area contributed by atoms with Gasteiger partial charge in [0.05, 0.1) is 17.9 Å². The van der Waals surface area contributed by atoms with Crippen LogP contribution in [-0.4, -0.2) is 11.1 Å². The Morgan fingerprint density at radius 1 is 1.36 bits per heavy atom. The summed E-state index contributed by atoms with van der Waals surface area (Å²) in [5.41, 5.74) is 0.556. The fraction of sp³-hybridized carbons (Fsp3) is 0.455. The highest BCUT2D eigenvalue weighted by Gasteiger charge is 2.16. The molecule has 1 aliphatic rings. The Labute approximate surface area is 83.3 Å². The SMILES string of the molecule is N#Cc1cncc(OC2CCCC2)c1. The number of nitriles is 1. The molecule has 0 bridgehead atoms. The molecule has 3 nitrogen and oxygen atoms in total. The first-order valence-corrected chi connectivity index (χ1v) is 4.90. The van der Waals surface area contributed by atoms with Crippen molar-refractivity contribution in [2.24, 2.45) is 0 Å². The maximum Gasteiger partial charge on any atom is 0.139 e. The summed E-state index contributed by atoms with van der Waals surface area (Å²) in [7, 11) is 0. The van der Waals surface area contributed by atoms with Crippen molar-refractivity contribution in [2.75, 3.05) is 0 Å². The largest absolute Gasteiger partial charge is 0.489 e. The van der Waals surface area contributed by atoms with Crippen molar-refractivity contribution in [3.05, 3.63) is 24.0 Å². The number of ether oxygens (including phenoxy) is 1. The van der Waals surface area contributed by atoms with Gasteiger partial charge in [-0.05, 0) is 25.7 Å². The standard InChI is InChI=1S/C11H12N2O/c12-6-9-5-11(8-13-7-9)14-10-3-1-2-4-10/h5,7-8,10H,1-4H2. The third kappa shape index (κ3) is 2.02. The summed E-state index contributed by atoms with van der Waals surface area (Å²) in [6.07, 6.45) is 8.27. The van der Waals surface area contributed by atoms with E-state index in [4.69, 9.17) is 10.00 Å². The highest BCUT2D eigenvalue weighted by Crippen LogP contribution is 2.23. The molecule has 0 spiro atoms. The van der Waals surface area contributed by atoms with E-state index >= 15 is 0 Å². The number of nitrogens with zero attached hydrogens (tertiary/aromatic N) is 2. The Balaban J connectivity index is 2.05. The number of hydrogen-bond acceptors (Lipinski definition) is 3. The molecule has 2 rings (SSSR count). The molecule has 1 aromatic heterocycles. The van der Waals surface area contributed by atoms with Crippen molar-refractivity contribution in [3.8, 4) is 11.8 Å². The van der Waals surface area contributed by atoms with Crippen LogP contribution in [0.4, 0.5) is 0 Å². The van der Waals surface area contributed by atoms with E-state index in [1.165, 1.54) is 12.8 Å². The molecular formula is C11H12N2O. The summed E-state index contributed by atoms with van der Waals surface area (Å²) < 4.78 is 5.70. The second-order valence-corrected chi connectivity index (χ2v) is 3.55. The lowest BCUT2D eigenvalue weighted by atomic mass is 10.3. The zero-order valence-electron chi connectivity index (χ0n) is 7.94. The van der Waals surface area contributed by atoms with Crippen molar-refractivity contribution in [1.29, 1.82) is 5.26 Å². The fourth-order valence-corrected chi connectivity index (χ4v) is 1.74. The predicted molar refractivity (Wildman–Crippen MR) is 51.8 cm³/mol. The Morgan fingerprint density at radius 2 is 2.14 bits per heavy atom. The number of pyridine rings is 1. The van der Waals surface area contributed by atoms with Gasteiger partial charge in [-0.3, -0.25) is 4.98 Å². The van der Waals surface area contributed by atoms with Gasteiger partial charge in [0.2, 0.25) is 0 Å². The molecule has 0 amide bonds. The Bertz CT molecular complexity index is 351. The summed E-state index contributed by atoms with van der Waals surface area (Å²) in [5, 5.41) is 8.68. The van der Waals surface area contributed by atoms with E-state index in [0.29, 0.717) is 11.7 Å². The predicted octanol–water partition coefficient (Wildman–Crippen LogP) is 2.27. The quantitative estimate of drug-likeness (QED) is 0.715. The molecule has 1 aliphatic carbocycles. The van der Waals surface area contributed by atoms with E-state index in [9.17, 15) is 0 Å². The zero-order valence-corrected chi connectivity index (χ0v) is 7.94. The molecule has 1 aromatic rings. The number of rotatable bonds is 2. The topological polar surface area (TPSA) is 45.9 Å². The minimum Gasteiger partial charge on any atom is -0.489 e. The van der Waals surface area contributed by atoms with Crippen molar-refractivity contribution in [1.82, 2.24) is 4.98 Å². The van der Waals surface area contributed by atoms with Gasteiger partial charge in [0.15, 0.2) is 0 Å². The van der Waals surface area contributed by atoms with E-state index in [-0.39, 0.29) is 0 Å². The summed E-state index contributed by atoms with van der Waals surface area (Å²) in [6.45, 7) is 0. The normalized spacial score (nSPS) is 16.5. The molecule has 0 aliphatic heterocycles. The summed E-state index contributed by atoms with van der Waals surface area (Å²) in [4.78, 5) is 3.95. The molecule has 1 saturated carbocycles. The van der Waals surface area contributed by atoms with E-state index in [2.05, 4.69) is 4.98 Å². The van der Waals surface area contributed by atoms with E-state index in [1.54, 1.807) is 18.5 Å². The van der Waals surface area contributed by atoms with Crippen LogP contribution in [0.1, 0.15) is 31.2 Å². The van der Waals surface area contributed by atoms with E-state index in [0.717, 1.165) is 18.6 Å². The van der Waals surface area contributed by atoms with Gasteiger partial charge in [0, 0.05) is 12.3 Å². The Kier molecular flexibility index (Phi) is 2.64. The van der Waals surface area contributed by atoms with Crippen LogP contribution in [0.3, 0.4) is 0 Å². The van der Waals surface area contributed by atoms with Gasteiger partial charge in [-0.25, -0.2) is 0 Å². The first-order valence-electron chi connectivity index (χ1n) is 4.90. The molecule has 0 atom stereocenters. The van der Waals surface area contributed by atoms with Gasteiger partial charge in [0.1, 0.15) is 11.8 Å². The molecule has 0 aromatic carbocycles. The summed E-state index contributed by atoms with van der Waals surface area (Å²) in [6, 6.07) is 3.79. The zero-order chi connectivity index (χ0) is 9.80. The Morgan fingerprint density at radius 3 is 2.86 bits per heavy atom. The average molecular weight is 188 g/mol. The average Bonchev–Trinajstić information content (AvgIpc) is 2.71. The minimum absolute atomic E-state index is 0.325. The third-order valence-electron chi connectivity index (χ3n) is 2.45. The van der Waals surface area contributed by atoms with Gasteiger partial charge in [-0.2, -0.15) is 5.26 Å². The van der Waals surface area contributed by atoms with Crippen LogP contribution < -0.4 is 4.74 Å². The van der Waals surface area contributed by atoms with Crippen molar-refractivity contribution < 1.29 is 4.74 Å². The van der Waals surface area contributed by atoms with Crippen molar-refractivity contribution in [2.45, 2.75) is 31.8 Å². The van der Waals surface area contributed by atoms with Gasteiger partial charge < -0.3 is 4.74 Å². The molecule has 0 radical (unpaired) electrons.